The van der Waals surface area contributed by atoms with Crippen LogP contribution in [0.4, 0.5) is 0 Å². The molecule has 0 saturated carbocycles. The van der Waals surface area contributed by atoms with E-state index in [9.17, 15) is 4.79 Å². The van der Waals surface area contributed by atoms with E-state index in [0.29, 0.717) is 10.7 Å². The first-order valence-electron chi connectivity index (χ1n) is 6.38. The first kappa shape index (κ1) is 13.5. The molecular weight excluding hydrogens is 292 g/mol. The molecule has 102 valence electrons. The van der Waals surface area contributed by atoms with Crippen molar-refractivity contribution >= 4 is 29.3 Å². The van der Waals surface area contributed by atoms with E-state index in [1.807, 2.05) is 23.9 Å². The van der Waals surface area contributed by atoms with Crippen LogP contribution in [0.1, 0.15) is 28.4 Å². The lowest BCUT2D eigenvalue weighted by atomic mass is 10.0. The van der Waals surface area contributed by atoms with Crippen LogP contribution in [0, 0.1) is 0 Å². The van der Waals surface area contributed by atoms with Gasteiger partial charge in [-0.25, -0.2) is 4.98 Å². The van der Waals surface area contributed by atoms with Gasteiger partial charge in [-0.2, -0.15) is 0 Å². The van der Waals surface area contributed by atoms with Gasteiger partial charge in [-0.1, -0.05) is 29.8 Å². The number of rotatable bonds is 2. The molecule has 1 N–H and O–H groups in total. The summed E-state index contributed by atoms with van der Waals surface area (Å²) in [5, 5.41) is 3.47. The number of halogens is 1. The molecule has 0 saturated heterocycles. The Morgan fingerprint density at radius 2 is 2.15 bits per heavy atom. The van der Waals surface area contributed by atoms with Crippen LogP contribution in [0.25, 0.3) is 0 Å². The molecule has 2 aromatic rings. The van der Waals surface area contributed by atoms with E-state index < -0.39 is 0 Å². The Labute approximate surface area is 126 Å². The third-order valence-electron chi connectivity index (χ3n) is 3.25. The van der Waals surface area contributed by atoms with Gasteiger partial charge in [0, 0.05) is 16.8 Å². The van der Waals surface area contributed by atoms with Crippen LogP contribution in [0.2, 0.25) is 5.15 Å². The van der Waals surface area contributed by atoms with Gasteiger partial charge < -0.3 is 5.32 Å². The van der Waals surface area contributed by atoms with Crippen LogP contribution in [-0.4, -0.2) is 16.6 Å². The lowest BCUT2D eigenvalue weighted by Gasteiger charge is -2.25. The second-order valence-corrected chi connectivity index (χ2v) is 6.09. The largest absolute Gasteiger partial charge is 0.345 e. The molecule has 1 aliphatic rings. The highest BCUT2D eigenvalue weighted by Gasteiger charge is 2.22. The quantitative estimate of drug-likeness (QED) is 0.860. The summed E-state index contributed by atoms with van der Waals surface area (Å²) in [7, 11) is 0. The van der Waals surface area contributed by atoms with Crippen molar-refractivity contribution in [2.45, 2.75) is 17.4 Å². The van der Waals surface area contributed by atoms with E-state index in [-0.39, 0.29) is 11.9 Å². The highest BCUT2D eigenvalue weighted by Crippen LogP contribution is 2.35. The number of carbonyl (C=O) groups excluding carboxylic acids is 1. The van der Waals surface area contributed by atoms with Crippen LogP contribution >= 0.6 is 23.4 Å². The molecule has 1 aromatic heterocycles. The van der Waals surface area contributed by atoms with Gasteiger partial charge in [-0.15, -0.1) is 11.8 Å². The van der Waals surface area contributed by atoms with Crippen LogP contribution in [0.3, 0.4) is 0 Å². The number of amides is 1. The Morgan fingerprint density at radius 1 is 1.30 bits per heavy atom. The molecule has 3 rings (SSSR count). The summed E-state index contributed by atoms with van der Waals surface area (Å²) in [5.74, 6) is 0.904. The minimum absolute atomic E-state index is 0.0654. The maximum Gasteiger partial charge on any atom is 0.253 e. The fourth-order valence-electron chi connectivity index (χ4n) is 2.24. The standard InChI is InChI=1S/C15H13ClN2OS/c16-14-6-5-10(9-17-14)15(19)18-12-7-8-20-13-4-2-1-3-11(12)13/h1-6,9,12H,7-8H2,(H,18,19). The van der Waals surface area contributed by atoms with Gasteiger partial charge in [0.15, 0.2) is 0 Å². The monoisotopic (exact) mass is 304 g/mol. The minimum atomic E-state index is -0.110. The summed E-state index contributed by atoms with van der Waals surface area (Å²) in [6, 6.07) is 11.6. The number of fused-ring (bicyclic) bond motifs is 1. The van der Waals surface area contributed by atoms with Crippen LogP contribution in [-0.2, 0) is 0 Å². The molecule has 3 nitrogen and oxygen atoms in total. The fraction of sp³-hybridized carbons (Fsp3) is 0.200. The maximum absolute atomic E-state index is 12.2. The van der Waals surface area contributed by atoms with Gasteiger partial charge in [0.25, 0.3) is 5.91 Å². The van der Waals surface area contributed by atoms with Gasteiger partial charge in [0.05, 0.1) is 11.6 Å². The zero-order valence-electron chi connectivity index (χ0n) is 10.7. The van der Waals surface area contributed by atoms with E-state index in [1.165, 1.54) is 16.7 Å². The molecule has 1 amide bonds. The molecule has 2 heterocycles. The third-order valence-corrected chi connectivity index (χ3v) is 4.60. The predicted octanol–water partition coefficient (Wildman–Crippen LogP) is 3.70. The Morgan fingerprint density at radius 3 is 2.95 bits per heavy atom. The lowest BCUT2D eigenvalue weighted by molar-refractivity contribution is 0.0934. The number of nitrogens with zero attached hydrogens (tertiary/aromatic N) is 1. The van der Waals surface area contributed by atoms with Crippen molar-refractivity contribution < 1.29 is 4.79 Å². The number of aromatic nitrogens is 1. The molecule has 0 aliphatic carbocycles. The topological polar surface area (TPSA) is 42.0 Å². The average molecular weight is 305 g/mol. The van der Waals surface area contributed by atoms with Gasteiger partial charge in [0.1, 0.15) is 5.15 Å². The van der Waals surface area contributed by atoms with Crippen molar-refractivity contribution in [3.8, 4) is 0 Å². The maximum atomic E-state index is 12.2. The number of hydrogen-bond acceptors (Lipinski definition) is 3. The van der Waals surface area contributed by atoms with Crippen LogP contribution in [0.15, 0.2) is 47.5 Å². The molecule has 5 heteroatoms. The molecule has 1 aliphatic heterocycles. The summed E-state index contributed by atoms with van der Waals surface area (Å²) in [6.45, 7) is 0. The SMILES string of the molecule is O=C(NC1CCSc2ccccc21)c1ccc(Cl)nc1. The Kier molecular flexibility index (Phi) is 3.94. The molecule has 0 bridgehead atoms. The first-order valence-corrected chi connectivity index (χ1v) is 7.74. The van der Waals surface area contributed by atoms with Crippen molar-refractivity contribution in [1.29, 1.82) is 0 Å². The molecule has 0 fully saturated rings. The van der Waals surface area contributed by atoms with E-state index in [1.54, 1.807) is 12.1 Å². The minimum Gasteiger partial charge on any atom is -0.345 e. The van der Waals surface area contributed by atoms with E-state index in [2.05, 4.69) is 22.4 Å². The van der Waals surface area contributed by atoms with Crippen molar-refractivity contribution in [1.82, 2.24) is 10.3 Å². The summed E-state index contributed by atoms with van der Waals surface area (Å²) < 4.78 is 0. The van der Waals surface area contributed by atoms with Gasteiger partial charge in [-0.05, 0) is 30.2 Å². The molecule has 1 unspecified atom stereocenters. The predicted molar refractivity (Wildman–Crippen MR) is 81.2 cm³/mol. The number of nitrogens with one attached hydrogen (secondary N) is 1. The highest BCUT2D eigenvalue weighted by molar-refractivity contribution is 7.99. The number of benzene rings is 1. The molecular formula is C15H13ClN2OS. The van der Waals surface area contributed by atoms with Gasteiger partial charge >= 0.3 is 0 Å². The van der Waals surface area contributed by atoms with E-state index in [0.717, 1.165) is 12.2 Å². The normalized spacial score (nSPS) is 17.4. The zero-order valence-corrected chi connectivity index (χ0v) is 12.2. The van der Waals surface area contributed by atoms with Crippen molar-refractivity contribution in [3.05, 3.63) is 58.9 Å². The molecule has 0 radical (unpaired) electrons. The molecule has 20 heavy (non-hydrogen) atoms. The zero-order chi connectivity index (χ0) is 13.9. The smallest absolute Gasteiger partial charge is 0.253 e. The third kappa shape index (κ3) is 2.81. The van der Waals surface area contributed by atoms with Crippen molar-refractivity contribution in [2.75, 3.05) is 5.75 Å². The number of thioether (sulfide) groups is 1. The van der Waals surface area contributed by atoms with Crippen molar-refractivity contribution in [3.63, 3.8) is 0 Å². The summed E-state index contributed by atoms with van der Waals surface area (Å²) in [5.41, 5.74) is 1.73. The number of hydrogen-bond donors (Lipinski definition) is 1. The van der Waals surface area contributed by atoms with Crippen molar-refractivity contribution in [2.24, 2.45) is 0 Å². The summed E-state index contributed by atoms with van der Waals surface area (Å²) >= 11 is 7.57. The Bertz CT molecular complexity index is 630. The van der Waals surface area contributed by atoms with Crippen LogP contribution in [0.5, 0.6) is 0 Å². The Hall–Kier alpha value is -1.52. The van der Waals surface area contributed by atoms with E-state index >= 15 is 0 Å². The molecule has 0 spiro atoms. The Balaban J connectivity index is 1.79. The average Bonchev–Trinajstić information content (AvgIpc) is 2.48. The second kappa shape index (κ2) is 5.85. The van der Waals surface area contributed by atoms with Gasteiger partial charge in [-0.3, -0.25) is 4.79 Å². The summed E-state index contributed by atoms with van der Waals surface area (Å²) in [6.07, 6.45) is 2.44. The lowest BCUT2D eigenvalue weighted by Crippen LogP contribution is -2.30. The number of carbonyl (C=O) groups is 1. The first-order chi connectivity index (χ1) is 9.74. The summed E-state index contributed by atoms with van der Waals surface area (Å²) in [4.78, 5) is 17.4. The van der Waals surface area contributed by atoms with E-state index in [4.69, 9.17) is 11.6 Å². The van der Waals surface area contributed by atoms with Gasteiger partial charge in [0.2, 0.25) is 0 Å². The molecule has 1 aromatic carbocycles. The highest BCUT2D eigenvalue weighted by atomic mass is 35.5. The van der Waals surface area contributed by atoms with Crippen LogP contribution < -0.4 is 5.32 Å². The fourth-order valence-corrected chi connectivity index (χ4v) is 3.48. The number of pyridine rings is 1. The molecule has 1 atom stereocenters. The second-order valence-electron chi connectivity index (χ2n) is 4.57.